The summed E-state index contributed by atoms with van der Waals surface area (Å²) in [5.41, 5.74) is 14.9. The van der Waals surface area contributed by atoms with E-state index < -0.39 is 0 Å². The van der Waals surface area contributed by atoms with Crippen LogP contribution in [0.2, 0.25) is 0 Å². The van der Waals surface area contributed by atoms with E-state index in [9.17, 15) is 38.4 Å². The average Bonchev–Trinajstić information content (AvgIpc) is 1.62. The molecule has 0 spiro atoms. The van der Waals surface area contributed by atoms with Crippen LogP contribution in [0.4, 0.5) is 23.3 Å². The number of ether oxygens (including phenoxy) is 2. The van der Waals surface area contributed by atoms with Crippen molar-refractivity contribution in [1.29, 1.82) is 0 Å². The number of allylic oxidation sites excluding steroid dienone is 4. The molecule has 36 nitrogen and oxygen atoms in total. The van der Waals surface area contributed by atoms with E-state index in [4.69, 9.17) is 29.4 Å². The highest BCUT2D eigenvalue weighted by atomic mass is 32.1. The predicted molar refractivity (Wildman–Crippen MR) is 552 cm³/mol. The molecule has 19 heterocycles. The van der Waals surface area contributed by atoms with Gasteiger partial charge in [0, 0.05) is 159 Å². The maximum atomic E-state index is 13.2. The highest BCUT2D eigenvalue weighted by Gasteiger charge is 2.34. The third-order valence-corrected chi connectivity index (χ3v) is 30.1. The number of carbonyl (C=O) groups excluding carboxylic acids is 8. The molecule has 12 aromatic rings. The maximum absolute atomic E-state index is 13.2. The van der Waals surface area contributed by atoms with Crippen molar-refractivity contribution in [2.24, 2.45) is 0 Å². The summed E-state index contributed by atoms with van der Waals surface area (Å²) in [5.74, 6) is 3.02. The number of fused-ring (bicyclic) bond motifs is 4. The molecule has 7 aliphatic heterocycles. The molecular weight excluding hydrogens is 1880 g/mol. The van der Waals surface area contributed by atoms with Crippen LogP contribution in [-0.4, -0.2) is 230 Å². The lowest BCUT2D eigenvalue weighted by Gasteiger charge is -2.34. The fraction of sp³-hybridized carbons (Fsp3) is 0.373. The molecule has 12 aromatic heterocycles. The molecule has 4 saturated carbocycles. The lowest BCUT2D eigenvalue weighted by atomic mass is 10.1. The number of carbonyl (C=O) groups is 8. The zero-order valence-corrected chi connectivity index (χ0v) is 82.3. The number of rotatable bonds is 31. The Labute approximate surface area is 834 Å². The van der Waals surface area contributed by atoms with Crippen LogP contribution in [0.5, 0.6) is 0 Å². The molecule has 0 bridgehead atoms. The van der Waals surface area contributed by atoms with Gasteiger partial charge in [-0.2, -0.15) is 38.5 Å². The van der Waals surface area contributed by atoms with Crippen LogP contribution in [0, 0.1) is 0 Å². The zero-order chi connectivity index (χ0) is 97.8. The van der Waals surface area contributed by atoms with Gasteiger partial charge < -0.3 is 78.2 Å². The highest BCUT2D eigenvalue weighted by Crippen LogP contribution is 2.41. The highest BCUT2D eigenvalue weighted by molar-refractivity contribution is 7.18. The Morgan fingerprint density at radius 1 is 0.437 bits per heavy atom. The van der Waals surface area contributed by atoms with Crippen molar-refractivity contribution in [2.75, 3.05) is 100.0 Å². The van der Waals surface area contributed by atoms with Crippen molar-refractivity contribution in [2.45, 2.75) is 166 Å². The third-order valence-electron chi connectivity index (χ3n) is 25.7. The second-order valence-electron chi connectivity index (χ2n) is 37.1. The van der Waals surface area contributed by atoms with Gasteiger partial charge >= 0.3 is 0 Å². The minimum absolute atomic E-state index is 0.0555. The van der Waals surface area contributed by atoms with Gasteiger partial charge in [0.1, 0.15) is 23.3 Å². The summed E-state index contributed by atoms with van der Waals surface area (Å²) in [6.07, 6.45) is 31.4. The molecule has 23 rings (SSSR count). The summed E-state index contributed by atoms with van der Waals surface area (Å²) >= 11 is 5.73. The van der Waals surface area contributed by atoms with Gasteiger partial charge in [0.2, 0.25) is 23.6 Å². The summed E-state index contributed by atoms with van der Waals surface area (Å²) in [6.45, 7) is 29.1. The smallest absolute Gasteiger partial charge is 0.264 e. The largest absolute Gasteiger partial charge is 0.380 e. The van der Waals surface area contributed by atoms with E-state index in [2.05, 4.69) is 129 Å². The molecule has 734 valence electrons. The van der Waals surface area contributed by atoms with E-state index in [0.717, 1.165) is 251 Å². The molecule has 11 fully saturated rings. The molecular formula is C102H112N26O10S4. The number of anilines is 4. The van der Waals surface area contributed by atoms with Crippen LogP contribution in [0.25, 0.3) is 89.2 Å². The van der Waals surface area contributed by atoms with Crippen LogP contribution in [-0.2, 0) is 28.7 Å². The Morgan fingerprint density at radius 2 is 0.796 bits per heavy atom. The molecule has 4 aliphatic carbocycles. The molecule has 8 amide bonds. The van der Waals surface area contributed by atoms with Crippen molar-refractivity contribution in [1.82, 2.24) is 111 Å². The van der Waals surface area contributed by atoms with E-state index in [0.29, 0.717) is 142 Å². The van der Waals surface area contributed by atoms with E-state index in [-0.39, 0.29) is 59.8 Å². The Balaban J connectivity index is 0.000000116. The van der Waals surface area contributed by atoms with E-state index >= 15 is 0 Å². The summed E-state index contributed by atoms with van der Waals surface area (Å²) < 4.78 is 18.2. The van der Waals surface area contributed by atoms with Crippen LogP contribution in [0.1, 0.15) is 190 Å². The summed E-state index contributed by atoms with van der Waals surface area (Å²) in [4.78, 5) is 129. The first-order valence-electron chi connectivity index (χ1n) is 48.7. The molecule has 11 aliphatic rings. The van der Waals surface area contributed by atoms with E-state index in [1.54, 1.807) is 38.3 Å². The van der Waals surface area contributed by atoms with Gasteiger partial charge in [0.25, 0.3) is 23.6 Å². The average molecular weight is 1990 g/mol. The molecule has 40 heteroatoms. The van der Waals surface area contributed by atoms with Crippen LogP contribution in [0.3, 0.4) is 0 Å². The van der Waals surface area contributed by atoms with E-state index in [1.807, 2.05) is 107 Å². The molecule has 142 heavy (non-hydrogen) atoms. The number of thiophene rings is 4. The van der Waals surface area contributed by atoms with Crippen molar-refractivity contribution in [3.8, 4) is 42.3 Å². The molecule has 12 N–H and O–H groups in total. The van der Waals surface area contributed by atoms with Gasteiger partial charge in [-0.1, -0.05) is 40.2 Å². The second-order valence-corrected chi connectivity index (χ2v) is 41.5. The Morgan fingerprint density at radius 3 is 1.12 bits per heavy atom. The standard InChI is InChI=1S/C27H31N7O2S.C25H27N7O2S.C25H26N6O3S.C25H28N6O3S/c1-3-8-32-9-11-33(12-10-32)27(36)23-7-6-22(37-23)21-15-24(30-20-4-5-20)34-26(31-21)19(16-28-34)13-18-14-25(35)29-17(18)2;1-14-15(10-23(33)29-14)9-16-12-28-32-22(30-17-4-5-17)11-19(31-24(16)32)20-6-7-21(35-20)25(34)27-13-18-3-2-8-26-18;1-14-15(10-23(32)28-14)9-16-12-27-31-22(29-17-4-5-17)11-19(30-24(16)31)20-6-7-21(35-20)25(33)26-13-18-3-2-8-34-18;1-3-9-34-10-8-26-25(33)21-7-6-20(35-21)19-13-22(29-18-4-5-18)31-24(30-19)17(14-27-31)11-16-12-23(32)28-15(16)2/h6-7,13,15-16,20,30H,2-5,8-12,14H2,1H3,(H,29,35);6-7,9,11-12,17-18,26,30H,1-5,8,10,13H2,(H,27,34)(H,29,33);6-7,9,11-12,17-18,29H,1-5,8,10,13H2,(H,26,33)(H,28,32);6-7,11,13-14,18,29H,2-5,8-10,12H2,1H3,(H,26,33)(H,28,32)/b18-13+;2*15-9+;16-11+/t;;18-;/m..1./s1. The van der Waals surface area contributed by atoms with Gasteiger partial charge in [0.05, 0.1) is 125 Å². The minimum Gasteiger partial charge on any atom is -0.380 e. The number of nitrogens with one attached hydrogen (secondary N) is 12. The maximum Gasteiger partial charge on any atom is 0.264 e. The predicted octanol–water partition coefficient (Wildman–Crippen LogP) is 13.5. The molecule has 7 saturated heterocycles. The SMILES string of the molecule is C=C1NC(=O)C/C1=C\c1cnn2c(NC3CC3)cc(-c3ccc(C(=O)N4CCN(CCC)CC4)s3)nc12.C=C1NC(=O)C/C1=C\c1cnn2c(NC3CC3)cc(-c3ccc(C(=O)NCC4CCCN4)s3)nc12.C=C1NC(=O)C/C1=C\c1cnn2c(NC3CC3)cc(-c3ccc(C(=O)NCCOCCC)s3)nc12.C=C1NC(=O)C/C1=C\c1cnn2c(NC3CC3)cc(-c3ccc(C(=O)NC[C@H]4CCCO4)s3)nc12. The normalized spacial score (nSPS) is 19.7. The number of piperazine rings is 1. The fourth-order valence-electron chi connectivity index (χ4n) is 17.5. The van der Waals surface area contributed by atoms with Gasteiger partial charge in [-0.3, -0.25) is 43.3 Å². The molecule has 2 atom stereocenters. The van der Waals surface area contributed by atoms with Crippen LogP contribution < -0.4 is 63.8 Å². The van der Waals surface area contributed by atoms with Crippen LogP contribution in [0.15, 0.2) is 169 Å². The fourth-order valence-corrected chi connectivity index (χ4v) is 21.1. The van der Waals surface area contributed by atoms with E-state index in [1.165, 1.54) is 45.3 Å². The minimum atomic E-state index is -0.120. The molecule has 0 aromatic carbocycles. The molecule has 0 radical (unpaired) electrons. The number of aromatic nitrogens is 12. The van der Waals surface area contributed by atoms with Crippen molar-refractivity contribution >= 4 is 163 Å². The number of hydrogen-bond donors (Lipinski definition) is 12. The van der Waals surface area contributed by atoms with Crippen molar-refractivity contribution < 1.29 is 47.8 Å². The van der Waals surface area contributed by atoms with Crippen molar-refractivity contribution in [3.63, 3.8) is 0 Å². The van der Waals surface area contributed by atoms with Gasteiger partial charge in [0.15, 0.2) is 22.6 Å². The second kappa shape index (κ2) is 42.4. The number of hydrogen-bond acceptors (Lipinski definition) is 28. The van der Waals surface area contributed by atoms with Gasteiger partial charge in [-0.15, -0.1) is 45.3 Å². The first-order chi connectivity index (χ1) is 69.1. The lowest BCUT2D eigenvalue weighted by Crippen LogP contribution is -2.48. The zero-order valence-electron chi connectivity index (χ0n) is 79.0. The lowest BCUT2D eigenvalue weighted by molar-refractivity contribution is -0.119. The Kier molecular flexibility index (Phi) is 28.5. The number of nitrogens with zero attached hydrogens (tertiary/aromatic N) is 14. The monoisotopic (exact) mass is 1990 g/mol. The quantitative estimate of drug-likeness (QED) is 0.0180. The third kappa shape index (κ3) is 22.8. The number of amides is 8. The first-order valence-corrected chi connectivity index (χ1v) is 51.9. The van der Waals surface area contributed by atoms with Crippen molar-refractivity contribution in [3.05, 3.63) is 211 Å². The summed E-state index contributed by atoms with van der Waals surface area (Å²) in [7, 11) is 0. The van der Waals surface area contributed by atoms with Gasteiger partial charge in [-0.05, 0) is 198 Å². The Hall–Kier alpha value is -14.0. The molecule has 1 unspecified atom stereocenters. The first kappa shape index (κ1) is 95.5. The topological polar surface area (TPSA) is 427 Å². The summed E-state index contributed by atoms with van der Waals surface area (Å²) in [5, 5.41) is 55.8. The van der Waals surface area contributed by atoms with Crippen LogP contribution >= 0.6 is 45.3 Å². The summed E-state index contributed by atoms with van der Waals surface area (Å²) in [6, 6.07) is 25.3. The van der Waals surface area contributed by atoms with Gasteiger partial charge in [-0.25, -0.2) is 19.9 Å². The Bertz CT molecular complexity index is 6910.